The van der Waals surface area contributed by atoms with Crippen LogP contribution in [0.1, 0.15) is 49.9 Å². The summed E-state index contributed by atoms with van der Waals surface area (Å²) in [5.74, 6) is 0.972. The van der Waals surface area contributed by atoms with Gasteiger partial charge in [0.15, 0.2) is 0 Å². The van der Waals surface area contributed by atoms with E-state index in [4.69, 9.17) is 4.74 Å². The van der Waals surface area contributed by atoms with Crippen molar-refractivity contribution >= 4 is 16.9 Å². The van der Waals surface area contributed by atoms with Crippen molar-refractivity contribution in [2.75, 3.05) is 6.61 Å². The second kappa shape index (κ2) is 6.20. The topological polar surface area (TPSA) is 67.0 Å². The number of hydrogen-bond donors (Lipinski definition) is 2. The third-order valence-corrected chi connectivity index (χ3v) is 5.37. The van der Waals surface area contributed by atoms with E-state index in [0.717, 1.165) is 41.7 Å². The number of hydrogen-bond acceptors (Lipinski definition) is 3. The zero-order chi connectivity index (χ0) is 16.6. The Morgan fingerprint density at radius 1 is 1.38 bits per heavy atom. The molecule has 2 fully saturated rings. The minimum Gasteiger partial charge on any atom is -0.373 e. The van der Waals surface area contributed by atoms with Crippen LogP contribution in [0.15, 0.2) is 18.2 Å². The van der Waals surface area contributed by atoms with E-state index in [1.807, 2.05) is 25.1 Å². The number of rotatable bonds is 3. The number of ether oxygens (including phenoxy) is 1. The molecule has 1 aromatic heterocycles. The van der Waals surface area contributed by atoms with Crippen LogP contribution in [0, 0.1) is 6.92 Å². The largest absolute Gasteiger partial charge is 0.373 e. The van der Waals surface area contributed by atoms with Gasteiger partial charge >= 0.3 is 0 Å². The van der Waals surface area contributed by atoms with Crippen LogP contribution in [0.5, 0.6) is 0 Å². The molecular formula is C19H25N3O2. The minimum absolute atomic E-state index is 0.0442. The van der Waals surface area contributed by atoms with Gasteiger partial charge in [-0.2, -0.15) is 0 Å². The molecule has 2 N–H and O–H groups in total. The SMILES string of the molecule is Cc1nc2ccc(CC(=O)NC3COC4(CCCCC4)C3)cc2[nH]1. The lowest BCUT2D eigenvalue weighted by Gasteiger charge is -2.32. The summed E-state index contributed by atoms with van der Waals surface area (Å²) < 4.78 is 6.08. The normalized spacial score (nSPS) is 23.0. The highest BCUT2D eigenvalue weighted by atomic mass is 16.5. The smallest absolute Gasteiger partial charge is 0.224 e. The second-order valence-corrected chi connectivity index (χ2v) is 7.37. The molecule has 1 saturated carbocycles. The molecule has 1 amide bonds. The summed E-state index contributed by atoms with van der Waals surface area (Å²) in [5.41, 5.74) is 2.99. The van der Waals surface area contributed by atoms with E-state index in [2.05, 4.69) is 15.3 Å². The fourth-order valence-corrected chi connectivity index (χ4v) is 4.24. The van der Waals surface area contributed by atoms with Crippen LogP contribution >= 0.6 is 0 Å². The molecule has 5 nitrogen and oxygen atoms in total. The predicted octanol–water partition coefficient (Wildman–Crippen LogP) is 3.02. The molecule has 5 heteroatoms. The Kier molecular flexibility index (Phi) is 4.04. The molecule has 0 bridgehead atoms. The standard InChI is InChI=1S/C19H25N3O2/c1-13-20-16-6-5-14(9-17(16)21-13)10-18(23)22-15-11-19(24-12-15)7-3-2-4-8-19/h5-6,9,15H,2-4,7-8,10-12H2,1H3,(H,20,21)(H,22,23). The molecule has 2 heterocycles. The number of aromatic nitrogens is 2. The molecule has 2 aliphatic rings. The molecule has 4 rings (SSSR count). The van der Waals surface area contributed by atoms with Gasteiger partial charge in [-0.15, -0.1) is 0 Å². The second-order valence-electron chi connectivity index (χ2n) is 7.37. The van der Waals surface area contributed by atoms with E-state index in [1.54, 1.807) is 0 Å². The van der Waals surface area contributed by atoms with Crippen molar-refractivity contribution in [3.05, 3.63) is 29.6 Å². The highest BCUT2D eigenvalue weighted by Gasteiger charge is 2.41. The van der Waals surface area contributed by atoms with Crippen molar-refractivity contribution in [2.24, 2.45) is 0 Å². The van der Waals surface area contributed by atoms with Gasteiger partial charge in [-0.05, 0) is 43.9 Å². The average molecular weight is 327 g/mol. The van der Waals surface area contributed by atoms with Gasteiger partial charge < -0.3 is 15.0 Å². The summed E-state index contributed by atoms with van der Waals surface area (Å²) in [4.78, 5) is 20.0. The summed E-state index contributed by atoms with van der Waals surface area (Å²) in [5, 5.41) is 3.16. The van der Waals surface area contributed by atoms with Crippen molar-refractivity contribution in [3.8, 4) is 0 Å². The zero-order valence-corrected chi connectivity index (χ0v) is 14.2. The first-order chi connectivity index (χ1) is 11.6. The number of aryl methyl sites for hydroxylation is 1. The predicted molar refractivity (Wildman–Crippen MR) is 92.9 cm³/mol. The molecule has 0 radical (unpaired) electrons. The minimum atomic E-state index is 0.0442. The lowest BCUT2D eigenvalue weighted by molar-refractivity contribution is -0.121. The summed E-state index contributed by atoms with van der Waals surface area (Å²) in [7, 11) is 0. The maximum Gasteiger partial charge on any atom is 0.224 e. The van der Waals surface area contributed by atoms with E-state index in [-0.39, 0.29) is 17.6 Å². The van der Waals surface area contributed by atoms with Gasteiger partial charge in [0.25, 0.3) is 0 Å². The average Bonchev–Trinajstić information content (AvgIpc) is 3.10. The van der Waals surface area contributed by atoms with E-state index in [0.29, 0.717) is 13.0 Å². The zero-order valence-electron chi connectivity index (χ0n) is 14.2. The molecule has 128 valence electrons. The van der Waals surface area contributed by atoms with E-state index in [9.17, 15) is 4.79 Å². The summed E-state index contributed by atoms with van der Waals surface area (Å²) in [6.07, 6.45) is 7.49. The highest BCUT2D eigenvalue weighted by Crippen LogP contribution is 2.39. The lowest BCUT2D eigenvalue weighted by atomic mass is 9.82. The molecule has 1 atom stereocenters. The fourth-order valence-electron chi connectivity index (χ4n) is 4.24. The number of imidazole rings is 1. The Hall–Kier alpha value is -1.88. The van der Waals surface area contributed by atoms with Gasteiger partial charge in [0.05, 0.1) is 35.7 Å². The fraction of sp³-hybridized carbons (Fsp3) is 0.579. The van der Waals surface area contributed by atoms with E-state index >= 15 is 0 Å². The van der Waals surface area contributed by atoms with Crippen molar-refractivity contribution in [2.45, 2.75) is 63.5 Å². The van der Waals surface area contributed by atoms with Crippen LogP contribution in [0.25, 0.3) is 11.0 Å². The van der Waals surface area contributed by atoms with Crippen molar-refractivity contribution in [1.29, 1.82) is 0 Å². The van der Waals surface area contributed by atoms with Gasteiger partial charge in [0, 0.05) is 0 Å². The number of nitrogens with one attached hydrogen (secondary N) is 2. The van der Waals surface area contributed by atoms with Gasteiger partial charge in [0.1, 0.15) is 5.82 Å². The van der Waals surface area contributed by atoms with Gasteiger partial charge in [0.2, 0.25) is 5.91 Å². The number of nitrogens with zero attached hydrogens (tertiary/aromatic N) is 1. The molecule has 1 unspecified atom stereocenters. The first kappa shape index (κ1) is 15.6. The number of benzene rings is 1. The van der Waals surface area contributed by atoms with Gasteiger partial charge in [-0.25, -0.2) is 4.98 Å². The number of carbonyl (C=O) groups is 1. The number of fused-ring (bicyclic) bond motifs is 1. The number of aromatic amines is 1. The van der Waals surface area contributed by atoms with Crippen LogP contribution in [-0.2, 0) is 16.0 Å². The number of H-pyrrole nitrogens is 1. The van der Waals surface area contributed by atoms with Crippen LogP contribution in [0.4, 0.5) is 0 Å². The van der Waals surface area contributed by atoms with Gasteiger partial charge in [-0.3, -0.25) is 4.79 Å². The van der Waals surface area contributed by atoms with Crippen LogP contribution < -0.4 is 5.32 Å². The highest BCUT2D eigenvalue weighted by molar-refractivity contribution is 5.82. The molecule has 2 aromatic rings. The summed E-state index contributed by atoms with van der Waals surface area (Å²) in [6, 6.07) is 6.13. The maximum atomic E-state index is 12.4. The Balaban J connectivity index is 1.36. The van der Waals surface area contributed by atoms with Crippen molar-refractivity contribution in [1.82, 2.24) is 15.3 Å². The Morgan fingerprint density at radius 3 is 3.04 bits per heavy atom. The quantitative estimate of drug-likeness (QED) is 0.910. The molecule has 1 saturated heterocycles. The Labute approximate surface area is 142 Å². The maximum absolute atomic E-state index is 12.4. The molecule has 24 heavy (non-hydrogen) atoms. The van der Waals surface area contributed by atoms with Crippen LogP contribution in [0.2, 0.25) is 0 Å². The first-order valence-corrected chi connectivity index (χ1v) is 9.01. The molecule has 1 aromatic carbocycles. The summed E-state index contributed by atoms with van der Waals surface area (Å²) >= 11 is 0. The Bertz CT molecular complexity index is 746. The van der Waals surface area contributed by atoms with Crippen molar-refractivity contribution < 1.29 is 9.53 Å². The van der Waals surface area contributed by atoms with E-state index < -0.39 is 0 Å². The monoisotopic (exact) mass is 327 g/mol. The summed E-state index contributed by atoms with van der Waals surface area (Å²) in [6.45, 7) is 2.60. The van der Waals surface area contributed by atoms with Gasteiger partial charge in [-0.1, -0.05) is 25.3 Å². The number of carbonyl (C=O) groups excluding carboxylic acids is 1. The number of amides is 1. The van der Waals surface area contributed by atoms with E-state index in [1.165, 1.54) is 19.3 Å². The van der Waals surface area contributed by atoms with Crippen LogP contribution in [-0.4, -0.2) is 34.1 Å². The van der Waals surface area contributed by atoms with Crippen molar-refractivity contribution in [3.63, 3.8) is 0 Å². The third kappa shape index (κ3) is 3.18. The Morgan fingerprint density at radius 2 is 2.21 bits per heavy atom. The third-order valence-electron chi connectivity index (χ3n) is 5.37. The molecular weight excluding hydrogens is 302 g/mol. The molecule has 1 spiro atoms. The lowest BCUT2D eigenvalue weighted by Crippen LogP contribution is -2.38. The van der Waals surface area contributed by atoms with Crippen LogP contribution in [0.3, 0.4) is 0 Å². The molecule has 1 aliphatic heterocycles. The first-order valence-electron chi connectivity index (χ1n) is 9.01. The molecule has 1 aliphatic carbocycles.